The second-order valence-corrected chi connectivity index (χ2v) is 4.67. The number of hydrogen-bond acceptors (Lipinski definition) is 8. The van der Waals surface area contributed by atoms with Gasteiger partial charge in [-0.1, -0.05) is 5.10 Å². The van der Waals surface area contributed by atoms with E-state index in [0.717, 1.165) is 19.8 Å². The SMILES string of the molecule is O=C=Nn1c(=O)c2c(n(CCO)c1=O)n(CCO)c(=O)n2CCO. The summed E-state index contributed by atoms with van der Waals surface area (Å²) in [7, 11) is 0. The third kappa shape index (κ3) is 2.63. The van der Waals surface area contributed by atoms with E-state index < -0.39 is 36.8 Å². The molecule has 0 amide bonds. The summed E-state index contributed by atoms with van der Waals surface area (Å²) in [6.07, 6.45) is 1.08. The fourth-order valence-electron chi connectivity index (χ4n) is 2.50. The van der Waals surface area contributed by atoms with Gasteiger partial charge >= 0.3 is 16.9 Å². The number of fused-ring (bicyclic) bond motifs is 1. The molecule has 0 radical (unpaired) electrons. The van der Waals surface area contributed by atoms with Crippen molar-refractivity contribution in [3.05, 3.63) is 31.3 Å². The molecule has 2 aromatic heterocycles. The minimum Gasteiger partial charge on any atom is -0.395 e. The fourth-order valence-corrected chi connectivity index (χ4v) is 2.50. The lowest BCUT2D eigenvalue weighted by Crippen LogP contribution is -2.39. The molecule has 130 valence electrons. The number of aromatic nitrogens is 4. The van der Waals surface area contributed by atoms with E-state index in [1.165, 1.54) is 0 Å². The zero-order chi connectivity index (χ0) is 17.9. The Morgan fingerprint density at radius 1 is 0.833 bits per heavy atom. The number of nitrogens with zero attached hydrogens (tertiary/aromatic N) is 5. The van der Waals surface area contributed by atoms with Crippen molar-refractivity contribution in [1.82, 2.24) is 18.4 Å². The summed E-state index contributed by atoms with van der Waals surface area (Å²) in [5, 5.41) is 30.4. The monoisotopic (exact) mass is 341 g/mol. The molecule has 2 heterocycles. The van der Waals surface area contributed by atoms with Crippen LogP contribution >= 0.6 is 0 Å². The first kappa shape index (κ1) is 17.6. The second-order valence-electron chi connectivity index (χ2n) is 4.67. The normalized spacial score (nSPS) is 11.0. The molecule has 12 heteroatoms. The molecule has 0 aliphatic heterocycles. The lowest BCUT2D eigenvalue weighted by molar-refractivity contribution is 0.265. The minimum absolute atomic E-state index is 0.135. The maximum absolute atomic E-state index is 12.5. The van der Waals surface area contributed by atoms with Crippen molar-refractivity contribution in [1.29, 1.82) is 0 Å². The van der Waals surface area contributed by atoms with Gasteiger partial charge in [-0.15, -0.1) is 4.68 Å². The Hall–Kier alpha value is -2.79. The van der Waals surface area contributed by atoms with Crippen LogP contribution in [0, 0.1) is 0 Å². The van der Waals surface area contributed by atoms with Crippen LogP contribution in [0.2, 0.25) is 0 Å². The summed E-state index contributed by atoms with van der Waals surface area (Å²) in [4.78, 5) is 47.7. The summed E-state index contributed by atoms with van der Waals surface area (Å²) in [6.45, 7) is -2.13. The van der Waals surface area contributed by atoms with E-state index in [1.807, 2.05) is 0 Å². The summed E-state index contributed by atoms with van der Waals surface area (Å²) < 4.78 is 3.01. The molecule has 0 saturated carbocycles. The Bertz CT molecular complexity index is 973. The highest BCUT2D eigenvalue weighted by Gasteiger charge is 2.23. The van der Waals surface area contributed by atoms with Gasteiger partial charge in [0.15, 0.2) is 11.2 Å². The molecule has 24 heavy (non-hydrogen) atoms. The first-order valence-corrected chi connectivity index (χ1v) is 6.93. The summed E-state index contributed by atoms with van der Waals surface area (Å²) in [6, 6.07) is 0. The van der Waals surface area contributed by atoms with Gasteiger partial charge < -0.3 is 15.3 Å². The number of rotatable bonds is 7. The van der Waals surface area contributed by atoms with E-state index in [0.29, 0.717) is 0 Å². The molecule has 12 nitrogen and oxygen atoms in total. The van der Waals surface area contributed by atoms with Crippen LogP contribution in [-0.4, -0.2) is 59.6 Å². The highest BCUT2D eigenvalue weighted by atomic mass is 16.3. The van der Waals surface area contributed by atoms with Crippen molar-refractivity contribution < 1.29 is 20.1 Å². The molecule has 0 aliphatic carbocycles. The molecular formula is C12H15N5O7. The van der Waals surface area contributed by atoms with E-state index in [-0.39, 0.29) is 35.5 Å². The first-order chi connectivity index (χ1) is 11.5. The first-order valence-electron chi connectivity index (χ1n) is 6.93. The lowest BCUT2D eigenvalue weighted by Gasteiger charge is -2.09. The highest BCUT2D eigenvalue weighted by Crippen LogP contribution is 2.08. The highest BCUT2D eigenvalue weighted by molar-refractivity contribution is 5.71. The molecule has 0 unspecified atom stereocenters. The number of imidazole rings is 1. The Morgan fingerprint density at radius 2 is 1.33 bits per heavy atom. The molecule has 0 aliphatic rings. The van der Waals surface area contributed by atoms with E-state index in [2.05, 4.69) is 5.10 Å². The zero-order valence-electron chi connectivity index (χ0n) is 12.5. The molecule has 0 atom stereocenters. The average molecular weight is 341 g/mol. The van der Waals surface area contributed by atoms with Gasteiger partial charge in [-0.3, -0.25) is 18.5 Å². The molecular weight excluding hydrogens is 326 g/mol. The van der Waals surface area contributed by atoms with Crippen molar-refractivity contribution in [2.45, 2.75) is 19.6 Å². The van der Waals surface area contributed by atoms with Crippen LogP contribution in [0.25, 0.3) is 11.2 Å². The van der Waals surface area contributed by atoms with Crippen molar-refractivity contribution in [2.24, 2.45) is 5.10 Å². The van der Waals surface area contributed by atoms with Crippen LogP contribution in [0.5, 0.6) is 0 Å². The summed E-state index contributed by atoms with van der Waals surface area (Å²) >= 11 is 0. The lowest BCUT2D eigenvalue weighted by atomic mass is 10.4. The van der Waals surface area contributed by atoms with Gasteiger partial charge in [0.25, 0.3) is 6.08 Å². The van der Waals surface area contributed by atoms with E-state index in [1.54, 1.807) is 0 Å². The van der Waals surface area contributed by atoms with Crippen molar-refractivity contribution in [3.63, 3.8) is 0 Å². The number of aliphatic hydroxyl groups excluding tert-OH is 3. The Balaban J connectivity index is 3.14. The fraction of sp³-hybridized carbons (Fsp3) is 0.500. The number of aliphatic hydroxyl groups is 3. The molecule has 0 fully saturated rings. The van der Waals surface area contributed by atoms with Gasteiger partial charge in [0, 0.05) is 0 Å². The Morgan fingerprint density at radius 3 is 1.83 bits per heavy atom. The molecule has 0 saturated heterocycles. The van der Waals surface area contributed by atoms with Gasteiger partial charge in [-0.25, -0.2) is 14.4 Å². The van der Waals surface area contributed by atoms with Gasteiger partial charge in [-0.2, -0.15) is 0 Å². The molecule has 0 bridgehead atoms. The van der Waals surface area contributed by atoms with Crippen molar-refractivity contribution >= 4 is 17.2 Å². The number of hydrogen-bond donors (Lipinski definition) is 3. The third-order valence-electron chi connectivity index (χ3n) is 3.37. The van der Waals surface area contributed by atoms with Crippen LogP contribution in [0.3, 0.4) is 0 Å². The van der Waals surface area contributed by atoms with E-state index >= 15 is 0 Å². The molecule has 3 N–H and O–H groups in total. The van der Waals surface area contributed by atoms with Crippen LogP contribution in [0.1, 0.15) is 0 Å². The number of carbonyl (C=O) groups excluding carboxylic acids is 1. The Kier molecular flexibility index (Phi) is 5.26. The predicted octanol–water partition coefficient (Wildman–Crippen LogP) is -3.80. The van der Waals surface area contributed by atoms with Crippen LogP contribution in [0.4, 0.5) is 0 Å². The second kappa shape index (κ2) is 7.19. The standard InChI is InChI=1S/C12H15N5O7/c18-4-1-14-8-9(15(2-5-19)11(14)23)16(3-6-20)12(24)17(10(8)22)13-7-21/h18-20H,1-6H2. The van der Waals surface area contributed by atoms with Gasteiger partial charge in [-0.05, 0) is 0 Å². The van der Waals surface area contributed by atoms with Crippen LogP contribution in [0.15, 0.2) is 19.5 Å². The Labute approximate surface area is 132 Å². The summed E-state index contributed by atoms with van der Waals surface area (Å²) in [5.41, 5.74) is -3.24. The van der Waals surface area contributed by atoms with Crippen LogP contribution < -0.4 is 16.9 Å². The van der Waals surface area contributed by atoms with Crippen molar-refractivity contribution in [2.75, 3.05) is 19.8 Å². The predicted molar refractivity (Wildman–Crippen MR) is 79.5 cm³/mol. The van der Waals surface area contributed by atoms with Crippen molar-refractivity contribution in [3.8, 4) is 0 Å². The molecule has 0 aromatic carbocycles. The largest absolute Gasteiger partial charge is 0.395 e. The third-order valence-corrected chi connectivity index (χ3v) is 3.37. The molecule has 2 aromatic rings. The summed E-state index contributed by atoms with van der Waals surface area (Å²) in [5.74, 6) is 0. The van der Waals surface area contributed by atoms with Gasteiger partial charge in [0.2, 0.25) is 0 Å². The molecule has 2 rings (SSSR count). The van der Waals surface area contributed by atoms with E-state index in [9.17, 15) is 19.2 Å². The topological polar surface area (TPSA) is 161 Å². The van der Waals surface area contributed by atoms with Gasteiger partial charge in [0.05, 0.1) is 39.5 Å². The maximum atomic E-state index is 12.5. The molecule has 0 spiro atoms. The average Bonchev–Trinajstić information content (AvgIpc) is 2.82. The van der Waals surface area contributed by atoms with Gasteiger partial charge in [0.1, 0.15) is 0 Å². The minimum atomic E-state index is -1.05. The van der Waals surface area contributed by atoms with E-state index in [4.69, 9.17) is 15.3 Å². The maximum Gasteiger partial charge on any atom is 0.354 e. The van der Waals surface area contributed by atoms with Crippen LogP contribution in [-0.2, 0) is 24.4 Å². The quantitative estimate of drug-likeness (QED) is 0.344. The number of isocyanates is 1. The smallest absolute Gasteiger partial charge is 0.354 e. The zero-order valence-corrected chi connectivity index (χ0v) is 12.5.